The largest absolute Gasteiger partial charge is 0.459 e. The van der Waals surface area contributed by atoms with Gasteiger partial charge in [0.2, 0.25) is 5.91 Å². The monoisotopic (exact) mass is 452 g/mol. The van der Waals surface area contributed by atoms with E-state index >= 15 is 0 Å². The van der Waals surface area contributed by atoms with Crippen LogP contribution in [0.1, 0.15) is 52.0 Å². The van der Waals surface area contributed by atoms with Gasteiger partial charge in [0.25, 0.3) is 0 Å². The first-order valence-electron chi connectivity index (χ1n) is 10.8. The number of alkyl carbamates (subject to hydrolysis) is 1. The van der Waals surface area contributed by atoms with Crippen molar-refractivity contribution in [2.24, 2.45) is 5.92 Å². The summed E-state index contributed by atoms with van der Waals surface area (Å²) >= 11 is 1.57. The van der Waals surface area contributed by atoms with Crippen LogP contribution < -0.4 is 10.6 Å². The van der Waals surface area contributed by atoms with Gasteiger partial charge >= 0.3 is 12.1 Å². The normalized spacial score (nSPS) is 12.7. The summed E-state index contributed by atoms with van der Waals surface area (Å²) in [4.78, 5) is 37.6. The number of unbranched alkanes of at least 4 members (excludes halogenated alkanes) is 1. The summed E-state index contributed by atoms with van der Waals surface area (Å²) in [7, 11) is 0. The van der Waals surface area contributed by atoms with Gasteiger partial charge in [0.1, 0.15) is 18.7 Å². The molecule has 2 amide bonds. The highest BCUT2D eigenvalue weighted by Crippen LogP contribution is 2.10. The number of benzene rings is 1. The fourth-order valence-electron chi connectivity index (χ4n) is 2.78. The summed E-state index contributed by atoms with van der Waals surface area (Å²) in [5.41, 5.74) is 0.875. The molecule has 0 saturated heterocycles. The van der Waals surface area contributed by atoms with Gasteiger partial charge in [-0.3, -0.25) is 4.79 Å². The molecule has 0 aliphatic carbocycles. The van der Waals surface area contributed by atoms with E-state index in [2.05, 4.69) is 10.6 Å². The van der Waals surface area contributed by atoms with Crippen molar-refractivity contribution in [3.63, 3.8) is 0 Å². The van der Waals surface area contributed by atoms with Crippen LogP contribution in [-0.4, -0.2) is 48.7 Å². The van der Waals surface area contributed by atoms with E-state index in [1.807, 2.05) is 57.4 Å². The Kier molecular flexibility index (Phi) is 13.5. The zero-order valence-corrected chi connectivity index (χ0v) is 19.8. The third-order valence-electron chi connectivity index (χ3n) is 4.48. The van der Waals surface area contributed by atoms with Gasteiger partial charge in [-0.2, -0.15) is 11.8 Å². The Bertz CT molecular complexity index is 669. The number of nitrogens with one attached hydrogen (secondary N) is 2. The predicted octanol–water partition coefficient (Wildman–Crippen LogP) is 3.91. The molecule has 8 heteroatoms. The van der Waals surface area contributed by atoms with Crippen molar-refractivity contribution in [2.45, 2.75) is 65.1 Å². The van der Waals surface area contributed by atoms with Crippen molar-refractivity contribution in [1.82, 2.24) is 10.6 Å². The smallest absolute Gasteiger partial charge is 0.407 e. The van der Waals surface area contributed by atoms with Gasteiger partial charge in [-0.1, -0.05) is 57.5 Å². The van der Waals surface area contributed by atoms with Gasteiger partial charge in [0.15, 0.2) is 0 Å². The van der Waals surface area contributed by atoms with Crippen LogP contribution >= 0.6 is 11.8 Å². The maximum atomic E-state index is 12.9. The van der Waals surface area contributed by atoms with Crippen molar-refractivity contribution in [2.75, 3.05) is 18.6 Å². The summed E-state index contributed by atoms with van der Waals surface area (Å²) < 4.78 is 10.5. The fourth-order valence-corrected chi connectivity index (χ4v) is 3.26. The van der Waals surface area contributed by atoms with E-state index in [-0.39, 0.29) is 12.5 Å². The molecule has 1 rings (SSSR count). The van der Waals surface area contributed by atoms with Crippen LogP contribution in [0, 0.1) is 5.92 Å². The van der Waals surface area contributed by atoms with Crippen LogP contribution in [0.25, 0.3) is 0 Å². The lowest BCUT2D eigenvalue weighted by molar-refractivity contribution is -0.149. The third kappa shape index (κ3) is 11.7. The van der Waals surface area contributed by atoms with E-state index in [1.54, 1.807) is 11.8 Å². The Balaban J connectivity index is 2.74. The van der Waals surface area contributed by atoms with E-state index in [9.17, 15) is 14.4 Å². The molecule has 31 heavy (non-hydrogen) atoms. The zero-order chi connectivity index (χ0) is 23.1. The number of rotatable bonds is 14. The maximum absolute atomic E-state index is 12.9. The highest BCUT2D eigenvalue weighted by atomic mass is 32.2. The second kappa shape index (κ2) is 15.6. The molecule has 2 N–H and O–H groups in total. The molecular weight excluding hydrogens is 416 g/mol. The first-order chi connectivity index (χ1) is 14.9. The predicted molar refractivity (Wildman–Crippen MR) is 124 cm³/mol. The minimum absolute atomic E-state index is 0.141. The van der Waals surface area contributed by atoms with E-state index in [0.29, 0.717) is 25.2 Å². The molecule has 0 radical (unpaired) electrons. The lowest BCUT2D eigenvalue weighted by atomic mass is 10.0. The Morgan fingerprint density at radius 1 is 1.03 bits per heavy atom. The molecule has 2 atom stereocenters. The molecule has 0 unspecified atom stereocenters. The molecule has 174 valence electrons. The first-order valence-corrected chi connectivity index (χ1v) is 12.2. The standard InChI is InChI=1S/C23H36N2O5S/c1-5-6-13-29-23(28)25-19(12-14-31-4)21(26)24-20(15-17(2)3)22(27)30-16-18-10-8-7-9-11-18/h7-11,17,19-20H,5-6,12-16H2,1-4H3,(H,24,26)(H,25,28)/t19-,20-/m0/s1. The topological polar surface area (TPSA) is 93.7 Å². The number of carbonyl (C=O) groups is 3. The molecule has 7 nitrogen and oxygen atoms in total. The summed E-state index contributed by atoms with van der Waals surface area (Å²) in [6, 6.07) is 7.81. The van der Waals surface area contributed by atoms with Gasteiger partial charge in [-0.05, 0) is 42.8 Å². The average molecular weight is 453 g/mol. The van der Waals surface area contributed by atoms with Crippen molar-refractivity contribution < 1.29 is 23.9 Å². The van der Waals surface area contributed by atoms with Crippen molar-refractivity contribution in [3.8, 4) is 0 Å². The van der Waals surface area contributed by atoms with Crippen molar-refractivity contribution in [3.05, 3.63) is 35.9 Å². The van der Waals surface area contributed by atoms with Crippen LogP contribution in [0.4, 0.5) is 4.79 Å². The number of esters is 1. The Morgan fingerprint density at radius 3 is 2.35 bits per heavy atom. The van der Waals surface area contributed by atoms with Crippen LogP contribution in [0.15, 0.2) is 30.3 Å². The molecule has 0 spiro atoms. The Hall–Kier alpha value is -2.22. The van der Waals surface area contributed by atoms with Crippen molar-refractivity contribution >= 4 is 29.7 Å². The van der Waals surface area contributed by atoms with E-state index in [1.165, 1.54) is 0 Å². The number of hydrogen-bond donors (Lipinski definition) is 2. The molecule has 0 bridgehead atoms. The molecule has 1 aromatic rings. The quantitative estimate of drug-likeness (QED) is 0.328. The number of hydrogen-bond acceptors (Lipinski definition) is 6. The van der Waals surface area contributed by atoms with Crippen LogP contribution in [0.5, 0.6) is 0 Å². The molecular formula is C23H36N2O5S. The number of thioether (sulfide) groups is 1. The average Bonchev–Trinajstić information content (AvgIpc) is 2.75. The van der Waals surface area contributed by atoms with Gasteiger partial charge in [0, 0.05) is 0 Å². The number of ether oxygens (including phenoxy) is 2. The second-order valence-electron chi connectivity index (χ2n) is 7.75. The van der Waals surface area contributed by atoms with Crippen LogP contribution in [0.2, 0.25) is 0 Å². The van der Waals surface area contributed by atoms with Crippen LogP contribution in [0.3, 0.4) is 0 Å². The molecule has 0 aliphatic rings. The van der Waals surface area contributed by atoms with Gasteiger partial charge in [-0.15, -0.1) is 0 Å². The lowest BCUT2D eigenvalue weighted by Gasteiger charge is -2.23. The first kappa shape index (κ1) is 26.8. The van der Waals surface area contributed by atoms with E-state index in [4.69, 9.17) is 9.47 Å². The molecule has 1 aromatic carbocycles. The summed E-state index contributed by atoms with van der Waals surface area (Å²) in [6.45, 7) is 6.39. The SMILES string of the molecule is CCCCOC(=O)N[C@@H](CCSC)C(=O)N[C@@H](CC(C)C)C(=O)OCc1ccccc1. The van der Waals surface area contributed by atoms with Gasteiger partial charge in [0.05, 0.1) is 6.61 Å². The minimum Gasteiger partial charge on any atom is -0.459 e. The minimum atomic E-state index is -0.786. The lowest BCUT2D eigenvalue weighted by Crippen LogP contribution is -2.52. The summed E-state index contributed by atoms with van der Waals surface area (Å²) in [5, 5.41) is 5.40. The molecule has 0 saturated carbocycles. The molecule has 0 fully saturated rings. The Morgan fingerprint density at radius 2 is 1.74 bits per heavy atom. The van der Waals surface area contributed by atoms with Crippen LogP contribution in [-0.2, 0) is 25.7 Å². The van der Waals surface area contributed by atoms with Crippen molar-refractivity contribution in [1.29, 1.82) is 0 Å². The summed E-state index contributed by atoms with van der Waals surface area (Å²) in [5.74, 6) is -0.0456. The summed E-state index contributed by atoms with van der Waals surface area (Å²) in [6.07, 6.45) is 3.85. The van der Waals surface area contributed by atoms with E-state index in [0.717, 1.165) is 18.4 Å². The highest BCUT2D eigenvalue weighted by molar-refractivity contribution is 7.98. The maximum Gasteiger partial charge on any atom is 0.407 e. The molecule has 0 heterocycles. The number of carbonyl (C=O) groups excluding carboxylic acids is 3. The van der Waals surface area contributed by atoms with E-state index < -0.39 is 30.1 Å². The third-order valence-corrected chi connectivity index (χ3v) is 5.13. The molecule has 0 aliphatic heterocycles. The Labute approximate surface area is 190 Å². The highest BCUT2D eigenvalue weighted by Gasteiger charge is 2.28. The number of amides is 2. The fraction of sp³-hybridized carbons (Fsp3) is 0.609. The zero-order valence-electron chi connectivity index (χ0n) is 19.0. The second-order valence-corrected chi connectivity index (χ2v) is 8.74. The van der Waals surface area contributed by atoms with Gasteiger partial charge in [-0.25, -0.2) is 9.59 Å². The van der Waals surface area contributed by atoms with Gasteiger partial charge < -0.3 is 20.1 Å². The molecule has 0 aromatic heterocycles.